The van der Waals surface area contributed by atoms with Crippen LogP contribution in [0.1, 0.15) is 54.0 Å². The Hall–Kier alpha value is -3.73. The summed E-state index contributed by atoms with van der Waals surface area (Å²) in [5.74, 6) is -0.354. The Balaban J connectivity index is 1.41. The fourth-order valence-corrected chi connectivity index (χ4v) is 3.72. The number of hydrogen-bond acceptors (Lipinski definition) is 9. The van der Waals surface area contributed by atoms with Gasteiger partial charge < -0.3 is 14.8 Å². The number of hydrogen-bond donors (Lipinski definition) is 2. The third-order valence-electron chi connectivity index (χ3n) is 5.39. The molecular formula is C20H20N8O3. The molecule has 3 aromatic rings. The Morgan fingerprint density at radius 3 is 2.71 bits per heavy atom. The minimum atomic E-state index is -0.425. The minimum absolute atomic E-state index is 0.141. The van der Waals surface area contributed by atoms with Gasteiger partial charge in [0.2, 0.25) is 5.89 Å². The van der Waals surface area contributed by atoms with Crippen LogP contribution in [0.5, 0.6) is 0 Å². The maximum Gasteiger partial charge on any atom is 0.277 e. The van der Waals surface area contributed by atoms with E-state index < -0.39 is 5.91 Å². The van der Waals surface area contributed by atoms with Gasteiger partial charge >= 0.3 is 0 Å². The molecule has 3 aromatic heterocycles. The van der Waals surface area contributed by atoms with Gasteiger partial charge in [-0.1, -0.05) is 0 Å². The molecule has 1 amide bonds. The lowest BCUT2D eigenvalue weighted by atomic mass is 9.93. The molecule has 31 heavy (non-hydrogen) atoms. The zero-order chi connectivity index (χ0) is 21.2. The second kappa shape index (κ2) is 8.19. The van der Waals surface area contributed by atoms with Crippen LogP contribution in [0.2, 0.25) is 0 Å². The molecule has 0 spiro atoms. The van der Waals surface area contributed by atoms with E-state index in [2.05, 4.69) is 35.6 Å². The predicted octanol–water partition coefficient (Wildman–Crippen LogP) is 2.21. The molecule has 2 aliphatic rings. The van der Waals surface area contributed by atoms with E-state index in [1.165, 1.54) is 6.26 Å². The number of rotatable bonds is 5. The third-order valence-corrected chi connectivity index (χ3v) is 5.39. The van der Waals surface area contributed by atoms with Crippen molar-refractivity contribution >= 4 is 24.0 Å². The summed E-state index contributed by atoms with van der Waals surface area (Å²) in [5.41, 5.74) is 1.71. The molecule has 11 heteroatoms. The zero-order valence-corrected chi connectivity index (χ0v) is 16.5. The lowest BCUT2D eigenvalue weighted by Crippen LogP contribution is -2.21. The van der Waals surface area contributed by atoms with Crippen molar-refractivity contribution in [2.75, 3.05) is 5.32 Å². The molecule has 0 aromatic carbocycles. The van der Waals surface area contributed by atoms with Crippen LogP contribution in [0.4, 0.5) is 5.69 Å². The molecule has 0 saturated heterocycles. The van der Waals surface area contributed by atoms with Crippen molar-refractivity contribution in [1.82, 2.24) is 24.7 Å². The van der Waals surface area contributed by atoms with E-state index in [4.69, 9.17) is 4.42 Å². The van der Waals surface area contributed by atoms with Crippen LogP contribution in [0.3, 0.4) is 0 Å². The number of amides is 1. The van der Waals surface area contributed by atoms with Gasteiger partial charge in [0.25, 0.3) is 5.91 Å². The molecule has 1 aliphatic heterocycles. The summed E-state index contributed by atoms with van der Waals surface area (Å²) < 4.78 is 7.25. The van der Waals surface area contributed by atoms with Crippen molar-refractivity contribution in [3.63, 3.8) is 0 Å². The van der Waals surface area contributed by atoms with E-state index in [0.29, 0.717) is 23.0 Å². The number of aromatic nitrogens is 5. The van der Waals surface area contributed by atoms with Crippen molar-refractivity contribution in [2.24, 2.45) is 10.2 Å². The number of carbonyl (C=O) groups excluding carboxylic acids is 1. The van der Waals surface area contributed by atoms with Gasteiger partial charge in [0.1, 0.15) is 23.6 Å². The summed E-state index contributed by atoms with van der Waals surface area (Å²) in [7, 11) is 0. The third kappa shape index (κ3) is 3.99. The molecule has 0 unspecified atom stereocenters. The van der Waals surface area contributed by atoms with Gasteiger partial charge in [-0.25, -0.2) is 4.98 Å². The first kappa shape index (κ1) is 19.2. The number of nitrogens with one attached hydrogen (secondary N) is 1. The second-order valence-corrected chi connectivity index (χ2v) is 7.50. The molecule has 0 radical (unpaired) electrons. The zero-order valence-electron chi connectivity index (χ0n) is 16.5. The molecular weight excluding hydrogens is 400 g/mol. The Morgan fingerprint density at radius 1 is 1.16 bits per heavy atom. The molecule has 1 aliphatic carbocycles. The Bertz CT molecular complexity index is 1120. The highest BCUT2D eigenvalue weighted by Gasteiger charge is 2.25. The van der Waals surface area contributed by atoms with Crippen LogP contribution in [0, 0.1) is 0 Å². The van der Waals surface area contributed by atoms with Gasteiger partial charge in [0.05, 0.1) is 24.0 Å². The molecule has 1 fully saturated rings. The van der Waals surface area contributed by atoms with Crippen LogP contribution >= 0.6 is 0 Å². The van der Waals surface area contributed by atoms with E-state index in [-0.39, 0.29) is 23.8 Å². The van der Waals surface area contributed by atoms with E-state index in [9.17, 15) is 9.90 Å². The van der Waals surface area contributed by atoms with Gasteiger partial charge in [-0.05, 0) is 25.7 Å². The molecule has 1 saturated carbocycles. The normalized spacial score (nSPS) is 20.9. The van der Waals surface area contributed by atoms with Crippen molar-refractivity contribution in [3.8, 4) is 11.4 Å². The molecule has 5 rings (SSSR count). The van der Waals surface area contributed by atoms with Crippen molar-refractivity contribution < 1.29 is 14.3 Å². The highest BCUT2D eigenvalue weighted by molar-refractivity contribution is 6.04. The average molecular weight is 420 g/mol. The lowest BCUT2D eigenvalue weighted by Gasteiger charge is -2.25. The molecule has 4 heterocycles. The molecule has 0 atom stereocenters. The molecule has 0 bridgehead atoms. The molecule has 2 N–H and O–H groups in total. The highest BCUT2D eigenvalue weighted by Crippen LogP contribution is 2.32. The van der Waals surface area contributed by atoms with Crippen LogP contribution in [-0.4, -0.2) is 54.3 Å². The van der Waals surface area contributed by atoms with E-state index in [1.54, 1.807) is 37.2 Å². The maximum absolute atomic E-state index is 12.8. The largest absolute Gasteiger partial charge is 0.447 e. The number of oxazole rings is 1. The first-order valence-electron chi connectivity index (χ1n) is 10.0. The average Bonchev–Trinajstić information content (AvgIpc) is 3.55. The highest BCUT2D eigenvalue weighted by atomic mass is 16.3. The van der Waals surface area contributed by atoms with Gasteiger partial charge in [0, 0.05) is 31.0 Å². The molecule has 11 nitrogen and oxygen atoms in total. The summed E-state index contributed by atoms with van der Waals surface area (Å²) in [6.07, 6.45) is 13.8. The summed E-state index contributed by atoms with van der Waals surface area (Å²) in [4.78, 5) is 25.5. The summed E-state index contributed by atoms with van der Waals surface area (Å²) in [6, 6.07) is 0.143. The van der Waals surface area contributed by atoms with Crippen LogP contribution in [0.15, 0.2) is 45.7 Å². The van der Waals surface area contributed by atoms with E-state index in [1.807, 2.05) is 4.68 Å². The number of anilines is 1. The van der Waals surface area contributed by atoms with Crippen LogP contribution in [-0.2, 0) is 0 Å². The smallest absolute Gasteiger partial charge is 0.277 e. The Morgan fingerprint density at radius 2 is 1.97 bits per heavy atom. The summed E-state index contributed by atoms with van der Waals surface area (Å²) >= 11 is 0. The van der Waals surface area contributed by atoms with Gasteiger partial charge in [0.15, 0.2) is 5.69 Å². The van der Waals surface area contributed by atoms with Gasteiger partial charge in [-0.3, -0.25) is 19.4 Å². The summed E-state index contributed by atoms with van der Waals surface area (Å²) in [6.45, 7) is 0. The predicted molar refractivity (Wildman–Crippen MR) is 111 cm³/mol. The number of aliphatic hydroxyl groups is 1. The van der Waals surface area contributed by atoms with Crippen molar-refractivity contribution in [3.05, 3.63) is 42.6 Å². The van der Waals surface area contributed by atoms with Gasteiger partial charge in [-0.2, -0.15) is 15.3 Å². The fraction of sp³-hybridized carbons (Fsp3) is 0.350. The summed E-state index contributed by atoms with van der Waals surface area (Å²) in [5, 5.41) is 24.9. The quantitative estimate of drug-likeness (QED) is 0.644. The fourth-order valence-electron chi connectivity index (χ4n) is 3.72. The SMILES string of the molecule is O=C(Nc1cn(C2CCC(O)CC2)nc1-c1cnccn1)c1coc(C2C=NN=C2)n1. The topological polar surface area (TPSA) is 144 Å². The van der Waals surface area contributed by atoms with E-state index >= 15 is 0 Å². The van der Waals surface area contributed by atoms with Crippen molar-refractivity contribution in [1.29, 1.82) is 0 Å². The lowest BCUT2D eigenvalue weighted by molar-refractivity contribution is 0.102. The monoisotopic (exact) mass is 420 g/mol. The number of nitrogens with zero attached hydrogens (tertiary/aromatic N) is 7. The first-order chi connectivity index (χ1) is 15.2. The Labute approximate surface area is 177 Å². The number of carbonyl (C=O) groups is 1. The second-order valence-electron chi connectivity index (χ2n) is 7.50. The number of aliphatic hydroxyl groups excluding tert-OH is 1. The van der Waals surface area contributed by atoms with Crippen LogP contribution in [0.25, 0.3) is 11.4 Å². The first-order valence-corrected chi connectivity index (χ1v) is 10.0. The maximum atomic E-state index is 12.8. The van der Waals surface area contributed by atoms with Crippen molar-refractivity contribution in [2.45, 2.75) is 43.7 Å². The Kier molecular flexibility index (Phi) is 5.08. The molecule has 158 valence electrons. The minimum Gasteiger partial charge on any atom is -0.447 e. The van der Waals surface area contributed by atoms with Crippen LogP contribution < -0.4 is 5.32 Å². The van der Waals surface area contributed by atoms with Gasteiger partial charge in [-0.15, -0.1) is 0 Å². The standard InChI is InChI=1S/C20H20N8O3/c29-14-3-1-13(2-4-14)28-10-16(18(27-28)15-9-21-5-6-22-15)25-19(30)17-11-31-20(26-17)12-7-23-24-8-12/h5-14,29H,1-4H2,(H,25,30). The van der Waals surface area contributed by atoms with E-state index in [0.717, 1.165) is 25.7 Å².